The van der Waals surface area contributed by atoms with Gasteiger partial charge >= 0.3 is 0 Å². The molecule has 0 spiro atoms. The van der Waals surface area contributed by atoms with E-state index in [0.717, 1.165) is 0 Å². The Hall–Kier alpha value is -1.04. The van der Waals surface area contributed by atoms with Gasteiger partial charge < -0.3 is 4.90 Å². The van der Waals surface area contributed by atoms with Gasteiger partial charge in [-0.15, -0.1) is 0 Å². The maximum Gasteiger partial charge on any atom is 0.223 e. The normalized spacial score (nSPS) is 17.9. The van der Waals surface area contributed by atoms with Crippen LogP contribution >= 0.6 is 0 Å². The number of rotatable bonds is 3. The fraction of sp³-hybridized carbons (Fsp3) is 0.833. The van der Waals surface area contributed by atoms with E-state index in [1.807, 2.05) is 6.07 Å². The van der Waals surface area contributed by atoms with E-state index >= 15 is 0 Å². The molecular formula is C12H20N2O. The number of nitrogens with zero attached hydrogens (tertiary/aromatic N) is 2. The molecule has 0 atom stereocenters. The molecule has 0 N–H and O–H groups in total. The topological polar surface area (TPSA) is 44.1 Å². The van der Waals surface area contributed by atoms with Crippen LogP contribution in [0.25, 0.3) is 0 Å². The third-order valence-corrected chi connectivity index (χ3v) is 3.17. The summed E-state index contributed by atoms with van der Waals surface area (Å²) in [5.74, 6) is 0.685. The number of amides is 1. The van der Waals surface area contributed by atoms with E-state index in [9.17, 15) is 4.79 Å². The quantitative estimate of drug-likeness (QED) is 0.527. The second kappa shape index (κ2) is 6.44. The van der Waals surface area contributed by atoms with Crippen molar-refractivity contribution in [2.45, 2.75) is 44.9 Å². The van der Waals surface area contributed by atoms with Crippen molar-refractivity contribution < 1.29 is 4.79 Å². The summed E-state index contributed by atoms with van der Waals surface area (Å²) >= 11 is 0. The minimum atomic E-state index is 0.128. The Bertz CT molecular complexity index is 236. The molecule has 3 heteroatoms. The third kappa shape index (κ3) is 4.33. The van der Waals surface area contributed by atoms with Crippen LogP contribution in [0.3, 0.4) is 0 Å². The minimum Gasteiger partial charge on any atom is -0.332 e. The second-order valence-corrected chi connectivity index (χ2v) is 4.47. The first-order valence-corrected chi connectivity index (χ1v) is 5.85. The van der Waals surface area contributed by atoms with Gasteiger partial charge in [-0.1, -0.05) is 25.7 Å². The van der Waals surface area contributed by atoms with Gasteiger partial charge in [0.05, 0.1) is 6.07 Å². The van der Waals surface area contributed by atoms with Crippen LogP contribution < -0.4 is 0 Å². The first-order chi connectivity index (χ1) is 7.24. The van der Waals surface area contributed by atoms with Crippen molar-refractivity contribution in [2.75, 3.05) is 13.6 Å². The summed E-state index contributed by atoms with van der Waals surface area (Å²) in [5, 5.41) is 8.49. The molecule has 1 rings (SSSR count). The Balaban J connectivity index is 2.32. The van der Waals surface area contributed by atoms with Gasteiger partial charge in [-0.3, -0.25) is 4.79 Å². The van der Waals surface area contributed by atoms with Crippen molar-refractivity contribution in [2.24, 2.45) is 5.92 Å². The number of hydrogen-bond donors (Lipinski definition) is 0. The highest BCUT2D eigenvalue weighted by molar-refractivity contribution is 5.76. The molecule has 15 heavy (non-hydrogen) atoms. The lowest BCUT2D eigenvalue weighted by molar-refractivity contribution is -0.130. The summed E-state index contributed by atoms with van der Waals surface area (Å²) in [6, 6.07) is 2.00. The Kier molecular flexibility index (Phi) is 5.17. The summed E-state index contributed by atoms with van der Waals surface area (Å²) in [5.41, 5.74) is 0. The molecule has 0 aromatic rings. The van der Waals surface area contributed by atoms with Crippen LogP contribution in [0.2, 0.25) is 0 Å². The number of carbonyl (C=O) groups is 1. The fourth-order valence-corrected chi connectivity index (χ4v) is 2.17. The van der Waals surface area contributed by atoms with E-state index in [1.165, 1.54) is 43.4 Å². The Labute approximate surface area is 92.1 Å². The van der Waals surface area contributed by atoms with Crippen molar-refractivity contribution in [1.29, 1.82) is 5.26 Å². The van der Waals surface area contributed by atoms with Crippen molar-refractivity contribution in [1.82, 2.24) is 4.90 Å². The van der Waals surface area contributed by atoms with Gasteiger partial charge in [0.15, 0.2) is 0 Å². The second-order valence-electron chi connectivity index (χ2n) is 4.47. The average molecular weight is 208 g/mol. The van der Waals surface area contributed by atoms with E-state index in [-0.39, 0.29) is 12.5 Å². The first kappa shape index (κ1) is 12.0. The predicted molar refractivity (Wildman–Crippen MR) is 59.1 cm³/mol. The van der Waals surface area contributed by atoms with Crippen molar-refractivity contribution >= 4 is 5.91 Å². The highest BCUT2D eigenvalue weighted by Crippen LogP contribution is 2.25. The van der Waals surface area contributed by atoms with E-state index < -0.39 is 0 Å². The maximum absolute atomic E-state index is 11.7. The summed E-state index contributed by atoms with van der Waals surface area (Å²) in [6.07, 6.45) is 8.17. The molecule has 0 aliphatic heterocycles. The smallest absolute Gasteiger partial charge is 0.223 e. The third-order valence-electron chi connectivity index (χ3n) is 3.17. The van der Waals surface area contributed by atoms with Crippen LogP contribution in [0, 0.1) is 17.2 Å². The Morgan fingerprint density at radius 2 is 1.93 bits per heavy atom. The van der Waals surface area contributed by atoms with Gasteiger partial charge in [0, 0.05) is 13.5 Å². The van der Waals surface area contributed by atoms with Crippen LogP contribution in [0.1, 0.15) is 44.9 Å². The standard InChI is InChI=1S/C12H20N2O/c1-14(9-8-13)12(15)10-11-6-4-2-3-5-7-11/h11H,2-7,9-10H2,1H3. The average Bonchev–Trinajstić information content (AvgIpc) is 2.46. The fourth-order valence-electron chi connectivity index (χ4n) is 2.17. The van der Waals surface area contributed by atoms with Gasteiger partial charge in [-0.05, 0) is 18.8 Å². The molecule has 1 fully saturated rings. The van der Waals surface area contributed by atoms with Crippen LogP contribution in [0.5, 0.6) is 0 Å². The van der Waals surface area contributed by atoms with Gasteiger partial charge in [0.2, 0.25) is 5.91 Å². The van der Waals surface area contributed by atoms with Crippen molar-refractivity contribution in [3.8, 4) is 6.07 Å². The van der Waals surface area contributed by atoms with Crippen LogP contribution in [0.15, 0.2) is 0 Å². The summed E-state index contributed by atoms with van der Waals surface area (Å²) in [6.45, 7) is 0.214. The zero-order valence-electron chi connectivity index (χ0n) is 9.54. The Morgan fingerprint density at radius 3 is 2.47 bits per heavy atom. The summed E-state index contributed by atoms with van der Waals surface area (Å²) in [4.78, 5) is 13.2. The molecule has 1 aliphatic rings. The summed E-state index contributed by atoms with van der Waals surface area (Å²) in [7, 11) is 1.71. The highest BCUT2D eigenvalue weighted by atomic mass is 16.2. The molecule has 0 radical (unpaired) electrons. The number of carbonyl (C=O) groups excluding carboxylic acids is 1. The SMILES string of the molecule is CN(CC#N)C(=O)CC1CCCCCC1. The molecule has 0 bridgehead atoms. The lowest BCUT2D eigenvalue weighted by Gasteiger charge is -2.18. The zero-order chi connectivity index (χ0) is 11.1. The number of nitriles is 1. The molecule has 0 aromatic carbocycles. The zero-order valence-corrected chi connectivity index (χ0v) is 9.54. The van der Waals surface area contributed by atoms with Gasteiger partial charge in [-0.2, -0.15) is 5.26 Å². The van der Waals surface area contributed by atoms with Crippen molar-refractivity contribution in [3.63, 3.8) is 0 Å². The van der Waals surface area contributed by atoms with E-state index in [0.29, 0.717) is 12.3 Å². The largest absolute Gasteiger partial charge is 0.332 e. The van der Waals surface area contributed by atoms with E-state index in [4.69, 9.17) is 5.26 Å². The van der Waals surface area contributed by atoms with E-state index in [1.54, 1.807) is 7.05 Å². The lowest BCUT2D eigenvalue weighted by Crippen LogP contribution is -2.28. The maximum atomic E-state index is 11.7. The van der Waals surface area contributed by atoms with Gasteiger partial charge in [-0.25, -0.2) is 0 Å². The molecule has 0 heterocycles. The molecule has 0 unspecified atom stereocenters. The van der Waals surface area contributed by atoms with Gasteiger partial charge in [0.1, 0.15) is 6.54 Å². The number of hydrogen-bond acceptors (Lipinski definition) is 2. The monoisotopic (exact) mass is 208 g/mol. The molecule has 84 valence electrons. The highest BCUT2D eigenvalue weighted by Gasteiger charge is 2.17. The molecule has 3 nitrogen and oxygen atoms in total. The molecule has 0 aromatic heterocycles. The molecule has 1 amide bonds. The molecule has 0 saturated heterocycles. The van der Waals surface area contributed by atoms with Crippen LogP contribution in [0.4, 0.5) is 0 Å². The summed E-state index contributed by atoms with van der Waals surface area (Å²) < 4.78 is 0. The minimum absolute atomic E-state index is 0.128. The molecular weight excluding hydrogens is 188 g/mol. The molecule has 1 saturated carbocycles. The van der Waals surface area contributed by atoms with Crippen LogP contribution in [-0.2, 0) is 4.79 Å². The Morgan fingerprint density at radius 1 is 1.33 bits per heavy atom. The van der Waals surface area contributed by atoms with E-state index in [2.05, 4.69) is 0 Å². The van der Waals surface area contributed by atoms with Gasteiger partial charge in [0.25, 0.3) is 0 Å². The lowest BCUT2D eigenvalue weighted by atomic mass is 9.96. The predicted octanol–water partition coefficient (Wildman–Crippen LogP) is 2.33. The van der Waals surface area contributed by atoms with Crippen molar-refractivity contribution in [3.05, 3.63) is 0 Å². The first-order valence-electron chi connectivity index (χ1n) is 5.85. The van der Waals surface area contributed by atoms with Crippen LogP contribution in [-0.4, -0.2) is 24.4 Å². The molecule has 1 aliphatic carbocycles.